The Morgan fingerprint density at radius 2 is 1.67 bits per heavy atom. The molecule has 0 N–H and O–H groups in total. The lowest BCUT2D eigenvalue weighted by Gasteiger charge is -2.20. The zero-order valence-electron chi connectivity index (χ0n) is 11.3. The van der Waals surface area contributed by atoms with Crippen molar-refractivity contribution in [2.24, 2.45) is 0 Å². The SMILES string of the molecule is Cc1cc(C)c(C)c(S(=O)(=O)N2CCCO2)c1C. The fourth-order valence-electron chi connectivity index (χ4n) is 2.28. The molecule has 0 spiro atoms. The van der Waals surface area contributed by atoms with Crippen LogP contribution in [0, 0.1) is 27.7 Å². The predicted octanol–water partition coefficient (Wildman–Crippen LogP) is 2.25. The van der Waals surface area contributed by atoms with Crippen molar-refractivity contribution in [1.29, 1.82) is 0 Å². The van der Waals surface area contributed by atoms with Gasteiger partial charge >= 0.3 is 0 Å². The fraction of sp³-hybridized carbons (Fsp3) is 0.538. The maximum atomic E-state index is 12.6. The molecule has 1 aromatic rings. The van der Waals surface area contributed by atoms with E-state index in [4.69, 9.17) is 4.84 Å². The molecule has 0 radical (unpaired) electrons. The van der Waals surface area contributed by atoms with Crippen LogP contribution >= 0.6 is 0 Å². The summed E-state index contributed by atoms with van der Waals surface area (Å²) >= 11 is 0. The second kappa shape index (κ2) is 4.64. The first-order valence-electron chi connectivity index (χ1n) is 6.08. The monoisotopic (exact) mass is 269 g/mol. The van der Waals surface area contributed by atoms with E-state index in [0.717, 1.165) is 33.1 Å². The van der Waals surface area contributed by atoms with E-state index in [9.17, 15) is 8.42 Å². The molecule has 1 aliphatic rings. The van der Waals surface area contributed by atoms with Gasteiger partial charge in [-0.15, -0.1) is 0 Å². The standard InChI is InChI=1S/C13H19NO3S/c1-9-8-10(2)12(4)13(11(9)3)18(15,16)14-6-5-7-17-14/h8H,5-7H2,1-4H3. The molecule has 0 unspecified atom stereocenters. The summed E-state index contributed by atoms with van der Waals surface area (Å²) in [6, 6.07) is 2.02. The third-order valence-electron chi connectivity index (χ3n) is 3.54. The van der Waals surface area contributed by atoms with Crippen LogP contribution in [0.25, 0.3) is 0 Å². The zero-order valence-corrected chi connectivity index (χ0v) is 12.1. The molecule has 4 nitrogen and oxygen atoms in total. The number of hydroxylamine groups is 1. The van der Waals surface area contributed by atoms with E-state index in [1.165, 1.54) is 0 Å². The van der Waals surface area contributed by atoms with Gasteiger partial charge < -0.3 is 0 Å². The average molecular weight is 269 g/mol. The summed E-state index contributed by atoms with van der Waals surface area (Å²) in [5, 5.41) is 0. The van der Waals surface area contributed by atoms with Crippen molar-refractivity contribution in [2.45, 2.75) is 39.0 Å². The largest absolute Gasteiger partial charge is 0.284 e. The summed E-state index contributed by atoms with van der Waals surface area (Å²) in [6.45, 7) is 8.49. The molecule has 1 heterocycles. The van der Waals surface area contributed by atoms with Crippen LogP contribution in [0.5, 0.6) is 0 Å². The van der Waals surface area contributed by atoms with Gasteiger partial charge in [0, 0.05) is 6.54 Å². The lowest BCUT2D eigenvalue weighted by atomic mass is 10.0. The molecule has 1 saturated heterocycles. The summed E-state index contributed by atoms with van der Waals surface area (Å²) in [5.41, 5.74) is 3.62. The minimum atomic E-state index is -3.53. The normalized spacial score (nSPS) is 17.3. The second-order valence-electron chi connectivity index (χ2n) is 4.81. The molecule has 18 heavy (non-hydrogen) atoms. The molecule has 0 aliphatic carbocycles. The van der Waals surface area contributed by atoms with Crippen molar-refractivity contribution < 1.29 is 13.3 Å². The van der Waals surface area contributed by atoms with Gasteiger partial charge in [0.15, 0.2) is 0 Å². The van der Waals surface area contributed by atoms with Crippen molar-refractivity contribution in [2.75, 3.05) is 13.2 Å². The molecule has 0 atom stereocenters. The highest BCUT2D eigenvalue weighted by Gasteiger charge is 2.32. The number of hydrogen-bond donors (Lipinski definition) is 0. The summed E-state index contributed by atoms with van der Waals surface area (Å²) < 4.78 is 26.3. The molecule has 100 valence electrons. The highest BCUT2D eigenvalue weighted by atomic mass is 32.2. The quantitative estimate of drug-likeness (QED) is 0.827. The molecule has 0 aromatic heterocycles. The van der Waals surface area contributed by atoms with E-state index in [-0.39, 0.29) is 0 Å². The molecule has 1 aliphatic heterocycles. The Labute approximate surface area is 109 Å². The average Bonchev–Trinajstić information content (AvgIpc) is 2.80. The molecule has 0 saturated carbocycles. The third-order valence-corrected chi connectivity index (χ3v) is 5.50. The number of benzene rings is 1. The number of hydrogen-bond acceptors (Lipinski definition) is 3. The first-order chi connectivity index (χ1) is 8.35. The second-order valence-corrected chi connectivity index (χ2v) is 6.57. The van der Waals surface area contributed by atoms with E-state index < -0.39 is 10.0 Å². The van der Waals surface area contributed by atoms with Crippen molar-refractivity contribution in [1.82, 2.24) is 4.47 Å². The maximum Gasteiger partial charge on any atom is 0.265 e. The molecule has 5 heteroatoms. The predicted molar refractivity (Wildman–Crippen MR) is 69.9 cm³/mol. The Morgan fingerprint density at radius 1 is 1.11 bits per heavy atom. The van der Waals surface area contributed by atoms with Gasteiger partial charge in [-0.1, -0.05) is 10.5 Å². The van der Waals surface area contributed by atoms with Gasteiger partial charge in [-0.25, -0.2) is 8.42 Å². The Kier molecular flexibility index (Phi) is 3.49. The first-order valence-corrected chi connectivity index (χ1v) is 7.52. The van der Waals surface area contributed by atoms with E-state index in [0.29, 0.717) is 18.0 Å². The zero-order chi connectivity index (χ0) is 13.5. The minimum Gasteiger partial charge on any atom is -0.284 e. The Hall–Kier alpha value is -0.910. The van der Waals surface area contributed by atoms with E-state index >= 15 is 0 Å². The molecular formula is C13H19NO3S. The topological polar surface area (TPSA) is 46.6 Å². The van der Waals surface area contributed by atoms with Crippen LogP contribution in [0.15, 0.2) is 11.0 Å². The van der Waals surface area contributed by atoms with Crippen molar-refractivity contribution in [3.05, 3.63) is 28.3 Å². The summed E-state index contributed by atoms with van der Waals surface area (Å²) in [7, 11) is -3.53. The van der Waals surface area contributed by atoms with Crippen LogP contribution in [0.4, 0.5) is 0 Å². The number of nitrogens with zero attached hydrogens (tertiary/aromatic N) is 1. The third kappa shape index (κ3) is 2.06. The number of sulfonamides is 1. The van der Waals surface area contributed by atoms with Gasteiger partial charge in [0.25, 0.3) is 10.0 Å². The minimum absolute atomic E-state index is 0.405. The summed E-state index contributed by atoms with van der Waals surface area (Å²) in [6.07, 6.45) is 0.752. The van der Waals surface area contributed by atoms with Crippen LogP contribution in [0.2, 0.25) is 0 Å². The summed E-state index contributed by atoms with van der Waals surface area (Å²) in [4.78, 5) is 5.61. The summed E-state index contributed by atoms with van der Waals surface area (Å²) in [5.74, 6) is 0. The lowest BCUT2D eigenvalue weighted by molar-refractivity contribution is -0.0285. The first kappa shape index (κ1) is 13.5. The van der Waals surface area contributed by atoms with Crippen molar-refractivity contribution in [3.63, 3.8) is 0 Å². The van der Waals surface area contributed by atoms with Gasteiger partial charge in [-0.05, 0) is 56.4 Å². The van der Waals surface area contributed by atoms with Gasteiger partial charge in [-0.3, -0.25) is 4.84 Å². The smallest absolute Gasteiger partial charge is 0.265 e. The van der Waals surface area contributed by atoms with E-state index in [1.807, 2.05) is 33.8 Å². The molecule has 1 fully saturated rings. The van der Waals surface area contributed by atoms with Crippen LogP contribution in [-0.2, 0) is 14.9 Å². The number of aryl methyl sites for hydroxylation is 2. The van der Waals surface area contributed by atoms with Crippen LogP contribution in [-0.4, -0.2) is 26.0 Å². The van der Waals surface area contributed by atoms with Crippen molar-refractivity contribution in [3.8, 4) is 0 Å². The lowest BCUT2D eigenvalue weighted by Crippen LogP contribution is -2.28. The molecule has 2 rings (SSSR count). The van der Waals surface area contributed by atoms with E-state index in [1.54, 1.807) is 0 Å². The maximum absolute atomic E-state index is 12.6. The highest BCUT2D eigenvalue weighted by molar-refractivity contribution is 7.89. The van der Waals surface area contributed by atoms with Crippen LogP contribution in [0.3, 0.4) is 0 Å². The molecule has 0 bridgehead atoms. The Bertz CT molecular complexity index is 546. The molecule has 0 amide bonds. The van der Waals surface area contributed by atoms with Crippen molar-refractivity contribution >= 4 is 10.0 Å². The van der Waals surface area contributed by atoms with Gasteiger partial charge in [0.05, 0.1) is 11.5 Å². The highest BCUT2D eigenvalue weighted by Crippen LogP contribution is 2.29. The van der Waals surface area contributed by atoms with Gasteiger partial charge in [-0.2, -0.15) is 0 Å². The van der Waals surface area contributed by atoms with Crippen LogP contribution in [0.1, 0.15) is 28.7 Å². The molecular weight excluding hydrogens is 250 g/mol. The van der Waals surface area contributed by atoms with Gasteiger partial charge in [0.1, 0.15) is 0 Å². The fourth-order valence-corrected chi connectivity index (χ4v) is 4.17. The van der Waals surface area contributed by atoms with Gasteiger partial charge in [0.2, 0.25) is 0 Å². The number of rotatable bonds is 2. The Morgan fingerprint density at radius 3 is 2.11 bits per heavy atom. The molecule has 1 aromatic carbocycles. The Balaban J connectivity index is 2.63. The van der Waals surface area contributed by atoms with Crippen LogP contribution < -0.4 is 0 Å². The van der Waals surface area contributed by atoms with E-state index in [2.05, 4.69) is 0 Å².